The molecule has 1 fully saturated rings. The van der Waals surface area contributed by atoms with E-state index in [-0.39, 0.29) is 23.6 Å². The Kier molecular flexibility index (Phi) is 5.38. The maximum atomic E-state index is 12.0. The summed E-state index contributed by atoms with van der Waals surface area (Å²) in [5, 5.41) is 8.73. The summed E-state index contributed by atoms with van der Waals surface area (Å²) < 4.78 is 12.0. The molecule has 0 aromatic heterocycles. The van der Waals surface area contributed by atoms with Crippen molar-refractivity contribution in [1.82, 2.24) is 0 Å². The summed E-state index contributed by atoms with van der Waals surface area (Å²) in [5.74, 6) is 1.03. The monoisotopic (exact) mass is 322 g/mol. The van der Waals surface area contributed by atoms with Crippen LogP contribution in [0.3, 0.4) is 0 Å². The molecule has 1 saturated heterocycles. The number of aliphatic hydroxyl groups excluding tert-OH is 1. The van der Waals surface area contributed by atoms with Gasteiger partial charge in [0.2, 0.25) is 0 Å². The largest absolute Gasteiger partial charge is 0.494 e. The quantitative estimate of drug-likeness (QED) is 0.492. The Morgan fingerprint density at radius 3 is 2.18 bits per heavy atom. The first-order valence-corrected chi connectivity index (χ1v) is 8.60. The van der Waals surface area contributed by atoms with E-state index in [0.29, 0.717) is 17.1 Å². The summed E-state index contributed by atoms with van der Waals surface area (Å²) >= 11 is 1.44. The van der Waals surface area contributed by atoms with Crippen LogP contribution in [0.15, 0.2) is 24.3 Å². The normalized spacial score (nSPS) is 19.4. The fourth-order valence-electron chi connectivity index (χ4n) is 2.12. The summed E-state index contributed by atoms with van der Waals surface area (Å²) in [7, 11) is -0.405. The van der Waals surface area contributed by atoms with Gasteiger partial charge in [-0.2, -0.15) is 11.8 Å². The predicted octanol–water partition coefficient (Wildman–Crippen LogP) is 1.89. The Labute approximate surface area is 136 Å². The van der Waals surface area contributed by atoms with Gasteiger partial charge in [0.15, 0.2) is 5.78 Å². The van der Waals surface area contributed by atoms with Gasteiger partial charge >= 0.3 is 7.12 Å². The van der Waals surface area contributed by atoms with Crippen LogP contribution in [0.1, 0.15) is 38.1 Å². The van der Waals surface area contributed by atoms with Gasteiger partial charge in [-0.25, -0.2) is 0 Å². The zero-order chi connectivity index (χ0) is 16.4. The van der Waals surface area contributed by atoms with E-state index in [1.165, 1.54) is 11.8 Å². The lowest BCUT2D eigenvalue weighted by molar-refractivity contribution is 0.00578. The second-order valence-electron chi connectivity index (χ2n) is 6.41. The molecule has 0 amide bonds. The first kappa shape index (κ1) is 17.5. The molecule has 2 rings (SSSR count). The van der Waals surface area contributed by atoms with E-state index in [4.69, 9.17) is 14.4 Å². The van der Waals surface area contributed by atoms with Crippen molar-refractivity contribution in [2.45, 2.75) is 38.9 Å². The van der Waals surface area contributed by atoms with Gasteiger partial charge in [0, 0.05) is 11.3 Å². The molecule has 0 aliphatic carbocycles. The van der Waals surface area contributed by atoms with E-state index in [1.54, 1.807) is 0 Å². The number of carbonyl (C=O) groups is 1. The van der Waals surface area contributed by atoms with Crippen molar-refractivity contribution in [2.24, 2.45) is 0 Å². The minimum Gasteiger partial charge on any atom is -0.399 e. The van der Waals surface area contributed by atoms with Crippen LogP contribution in [0.5, 0.6) is 0 Å². The number of Topliss-reactive ketones (excluding diaryl/α,β-unsaturated/α-hetero) is 1. The Morgan fingerprint density at radius 2 is 1.68 bits per heavy atom. The molecular formula is C16H23BO4S. The second-order valence-corrected chi connectivity index (χ2v) is 7.51. The van der Waals surface area contributed by atoms with Crippen LogP contribution in [-0.2, 0) is 9.31 Å². The van der Waals surface area contributed by atoms with Crippen molar-refractivity contribution in [3.8, 4) is 0 Å². The molecule has 1 N–H and O–H groups in total. The van der Waals surface area contributed by atoms with E-state index in [9.17, 15) is 4.79 Å². The molecule has 1 aromatic rings. The molecule has 4 nitrogen and oxygen atoms in total. The molecule has 1 aliphatic rings. The SMILES string of the molecule is CC1(C)OB(c2ccc(C(=O)CSCCO)cc2)OC1(C)C. The van der Waals surface area contributed by atoms with E-state index in [0.717, 1.165) is 5.46 Å². The summed E-state index contributed by atoms with van der Waals surface area (Å²) in [6.07, 6.45) is 0. The maximum Gasteiger partial charge on any atom is 0.494 e. The predicted molar refractivity (Wildman–Crippen MR) is 90.9 cm³/mol. The number of ketones is 1. The summed E-state index contributed by atoms with van der Waals surface area (Å²) in [6, 6.07) is 7.38. The van der Waals surface area contributed by atoms with Crippen molar-refractivity contribution in [3.05, 3.63) is 29.8 Å². The number of hydrogen-bond acceptors (Lipinski definition) is 5. The fraction of sp³-hybridized carbons (Fsp3) is 0.562. The van der Waals surface area contributed by atoms with Crippen LogP contribution in [0.2, 0.25) is 0 Å². The molecule has 1 aliphatic heterocycles. The highest BCUT2D eigenvalue weighted by Gasteiger charge is 2.51. The van der Waals surface area contributed by atoms with Crippen molar-refractivity contribution in [3.63, 3.8) is 0 Å². The van der Waals surface area contributed by atoms with Crippen molar-refractivity contribution in [2.75, 3.05) is 18.1 Å². The summed E-state index contributed by atoms with van der Waals surface area (Å²) in [5.41, 5.74) is 0.851. The molecule has 6 heteroatoms. The number of aliphatic hydroxyl groups is 1. The first-order chi connectivity index (χ1) is 10.3. The van der Waals surface area contributed by atoms with Gasteiger partial charge < -0.3 is 14.4 Å². The number of hydrogen-bond donors (Lipinski definition) is 1. The molecule has 22 heavy (non-hydrogen) atoms. The number of carbonyl (C=O) groups excluding carboxylic acids is 1. The third-order valence-corrected chi connectivity index (χ3v) is 5.16. The lowest BCUT2D eigenvalue weighted by atomic mass is 9.79. The zero-order valence-electron chi connectivity index (χ0n) is 13.6. The van der Waals surface area contributed by atoms with Crippen molar-refractivity contribution in [1.29, 1.82) is 0 Å². The molecule has 0 atom stereocenters. The van der Waals surface area contributed by atoms with Gasteiger partial charge in [-0.15, -0.1) is 0 Å². The highest BCUT2D eigenvalue weighted by Crippen LogP contribution is 2.36. The molecule has 0 spiro atoms. The fourth-order valence-corrected chi connectivity index (χ4v) is 2.74. The molecule has 0 radical (unpaired) electrons. The molecule has 0 unspecified atom stereocenters. The van der Waals surface area contributed by atoms with Crippen molar-refractivity contribution < 1.29 is 19.2 Å². The van der Waals surface area contributed by atoms with Crippen LogP contribution in [-0.4, -0.2) is 47.3 Å². The molecule has 1 aromatic carbocycles. The number of thioether (sulfide) groups is 1. The molecule has 0 bridgehead atoms. The lowest BCUT2D eigenvalue weighted by Gasteiger charge is -2.32. The topological polar surface area (TPSA) is 55.8 Å². The number of rotatable bonds is 6. The third kappa shape index (κ3) is 3.74. The lowest BCUT2D eigenvalue weighted by Crippen LogP contribution is -2.41. The van der Waals surface area contributed by atoms with Crippen LogP contribution in [0, 0.1) is 0 Å². The molecule has 0 saturated carbocycles. The van der Waals surface area contributed by atoms with Gasteiger partial charge in [0.1, 0.15) is 0 Å². The van der Waals surface area contributed by atoms with E-state index in [1.807, 2.05) is 52.0 Å². The smallest absolute Gasteiger partial charge is 0.399 e. The maximum absolute atomic E-state index is 12.0. The Morgan fingerprint density at radius 1 is 1.14 bits per heavy atom. The van der Waals surface area contributed by atoms with Gasteiger partial charge in [-0.05, 0) is 33.2 Å². The second kappa shape index (κ2) is 6.75. The summed E-state index contributed by atoms with van der Waals surface area (Å²) in [4.78, 5) is 12.0. The van der Waals surface area contributed by atoms with Gasteiger partial charge in [-0.3, -0.25) is 4.79 Å². The minimum atomic E-state index is -0.405. The van der Waals surface area contributed by atoms with E-state index in [2.05, 4.69) is 0 Å². The van der Waals surface area contributed by atoms with Crippen LogP contribution >= 0.6 is 11.8 Å². The summed E-state index contributed by atoms with van der Waals surface area (Å²) in [6.45, 7) is 8.16. The Bertz CT molecular complexity index is 511. The van der Waals surface area contributed by atoms with Crippen LogP contribution in [0.4, 0.5) is 0 Å². The van der Waals surface area contributed by atoms with E-state index >= 15 is 0 Å². The first-order valence-electron chi connectivity index (χ1n) is 7.44. The number of benzene rings is 1. The standard InChI is InChI=1S/C16H23BO4S/c1-15(2)16(3,4)21-17(20-15)13-7-5-12(6-8-13)14(19)11-22-10-9-18/h5-8,18H,9-11H2,1-4H3. The highest BCUT2D eigenvalue weighted by molar-refractivity contribution is 8.00. The Hall–Kier alpha value is -0.815. The Balaban J connectivity index is 2.02. The molecular weight excluding hydrogens is 299 g/mol. The van der Waals surface area contributed by atoms with Crippen molar-refractivity contribution >= 4 is 30.1 Å². The van der Waals surface area contributed by atoms with Crippen LogP contribution in [0.25, 0.3) is 0 Å². The van der Waals surface area contributed by atoms with Crippen LogP contribution < -0.4 is 5.46 Å². The van der Waals surface area contributed by atoms with Gasteiger partial charge in [0.05, 0.1) is 23.6 Å². The molecule has 120 valence electrons. The molecule has 1 heterocycles. The van der Waals surface area contributed by atoms with E-state index < -0.39 is 7.12 Å². The highest BCUT2D eigenvalue weighted by atomic mass is 32.2. The van der Waals surface area contributed by atoms with Gasteiger partial charge in [-0.1, -0.05) is 24.3 Å². The van der Waals surface area contributed by atoms with Gasteiger partial charge in [0.25, 0.3) is 0 Å². The average molecular weight is 322 g/mol. The average Bonchev–Trinajstić information content (AvgIpc) is 2.68. The zero-order valence-corrected chi connectivity index (χ0v) is 14.4. The third-order valence-electron chi connectivity index (χ3n) is 4.23. The minimum absolute atomic E-state index is 0.0684.